The number of nitrogens with zero attached hydrogens (tertiary/aromatic N) is 2. The van der Waals surface area contributed by atoms with Crippen molar-refractivity contribution in [1.82, 2.24) is 9.29 Å². The van der Waals surface area contributed by atoms with Gasteiger partial charge < -0.3 is 14.8 Å². The van der Waals surface area contributed by atoms with Gasteiger partial charge in [-0.15, -0.1) is 0 Å². The summed E-state index contributed by atoms with van der Waals surface area (Å²) in [5.41, 5.74) is 1.12. The number of carbonyl (C=O) groups excluding carboxylic acids is 1. The molecule has 0 atom stereocenters. The number of carbonyl (C=O) groups is 1. The molecular weight excluding hydrogens is 454 g/mol. The van der Waals surface area contributed by atoms with E-state index in [0.29, 0.717) is 27.8 Å². The van der Waals surface area contributed by atoms with E-state index in [9.17, 15) is 13.2 Å². The molecule has 2 aromatic carbocycles. The van der Waals surface area contributed by atoms with Crippen LogP contribution in [0.3, 0.4) is 0 Å². The van der Waals surface area contributed by atoms with Gasteiger partial charge in [0.15, 0.2) is 11.5 Å². The highest BCUT2D eigenvalue weighted by Gasteiger charge is 2.27. The monoisotopic (exact) mass is 475 g/mol. The van der Waals surface area contributed by atoms with Gasteiger partial charge in [-0.1, -0.05) is 23.7 Å². The second kappa shape index (κ2) is 10.4. The molecule has 8 nitrogen and oxygen atoms in total. The number of nitrogens with one attached hydrogen (secondary N) is 1. The summed E-state index contributed by atoms with van der Waals surface area (Å²) in [5, 5.41) is 3.23. The minimum atomic E-state index is -3.99. The number of ether oxygens (including phenoxy) is 2. The third-order valence-corrected chi connectivity index (χ3v) is 6.56. The highest BCUT2D eigenvalue weighted by molar-refractivity contribution is 7.89. The number of anilines is 1. The molecule has 0 fully saturated rings. The summed E-state index contributed by atoms with van der Waals surface area (Å²) >= 11 is 5.93. The number of methoxy groups -OCH3 is 2. The second-order valence-electron chi connectivity index (χ2n) is 6.71. The van der Waals surface area contributed by atoms with E-state index in [1.54, 1.807) is 42.5 Å². The number of aromatic nitrogens is 1. The molecule has 1 aromatic heterocycles. The van der Waals surface area contributed by atoms with E-state index < -0.39 is 22.5 Å². The summed E-state index contributed by atoms with van der Waals surface area (Å²) in [6.45, 7) is -0.429. The lowest BCUT2D eigenvalue weighted by Gasteiger charge is -2.22. The van der Waals surface area contributed by atoms with E-state index in [-0.39, 0.29) is 11.4 Å². The van der Waals surface area contributed by atoms with Crippen LogP contribution in [0.25, 0.3) is 0 Å². The summed E-state index contributed by atoms with van der Waals surface area (Å²) in [4.78, 5) is 16.7. The minimum Gasteiger partial charge on any atom is -0.493 e. The van der Waals surface area contributed by atoms with Gasteiger partial charge >= 0.3 is 0 Å². The maximum Gasteiger partial charge on any atom is 0.245 e. The van der Waals surface area contributed by atoms with E-state index in [2.05, 4.69) is 10.3 Å². The van der Waals surface area contributed by atoms with Crippen molar-refractivity contribution in [2.45, 2.75) is 11.4 Å². The van der Waals surface area contributed by atoms with Gasteiger partial charge in [0.05, 0.1) is 20.8 Å². The summed E-state index contributed by atoms with van der Waals surface area (Å²) in [6, 6.07) is 14.6. The lowest BCUT2D eigenvalue weighted by Crippen LogP contribution is -2.37. The average Bonchev–Trinajstić information content (AvgIpc) is 2.80. The standard InChI is InChI=1S/C22H22ClN3O5S/c1-30-20-10-9-18(12-21(20)31-2)25-22(27)15-26(14-16-5-7-17(23)8-6-16)32(28,29)19-4-3-11-24-13-19/h3-13H,14-15H2,1-2H3,(H,25,27). The molecule has 0 spiro atoms. The van der Waals surface area contributed by atoms with Gasteiger partial charge in [0.1, 0.15) is 4.90 Å². The van der Waals surface area contributed by atoms with Gasteiger partial charge in [-0.05, 0) is 42.0 Å². The molecule has 0 aliphatic carbocycles. The molecule has 0 aliphatic heterocycles. The number of benzene rings is 2. The second-order valence-corrected chi connectivity index (χ2v) is 9.08. The molecule has 168 valence electrons. The first kappa shape index (κ1) is 23.5. The van der Waals surface area contributed by atoms with Crippen LogP contribution < -0.4 is 14.8 Å². The van der Waals surface area contributed by atoms with Gasteiger partial charge in [-0.2, -0.15) is 4.31 Å². The Bertz CT molecular complexity index is 1170. The van der Waals surface area contributed by atoms with Crippen molar-refractivity contribution in [2.75, 3.05) is 26.1 Å². The number of amides is 1. The number of sulfonamides is 1. The van der Waals surface area contributed by atoms with Crippen LogP contribution in [0, 0.1) is 0 Å². The van der Waals surface area contributed by atoms with Gasteiger partial charge in [0.2, 0.25) is 15.9 Å². The van der Waals surface area contributed by atoms with Crippen molar-refractivity contribution in [1.29, 1.82) is 0 Å². The van der Waals surface area contributed by atoms with Crippen LogP contribution in [0.2, 0.25) is 5.02 Å². The van der Waals surface area contributed by atoms with E-state index in [0.717, 1.165) is 4.31 Å². The maximum atomic E-state index is 13.2. The van der Waals surface area contributed by atoms with Crippen molar-refractivity contribution >= 4 is 33.2 Å². The van der Waals surface area contributed by atoms with Crippen molar-refractivity contribution < 1.29 is 22.7 Å². The van der Waals surface area contributed by atoms with Gasteiger partial charge in [-0.3, -0.25) is 9.78 Å². The first-order valence-electron chi connectivity index (χ1n) is 9.50. The van der Waals surface area contributed by atoms with Crippen molar-refractivity contribution in [2.24, 2.45) is 0 Å². The minimum absolute atomic E-state index is 0.00659. The van der Waals surface area contributed by atoms with Crippen LogP contribution >= 0.6 is 11.6 Å². The molecule has 0 aliphatic rings. The number of rotatable bonds is 9. The lowest BCUT2D eigenvalue weighted by molar-refractivity contribution is -0.116. The van der Waals surface area contributed by atoms with Crippen molar-refractivity contribution in [3.8, 4) is 11.5 Å². The molecule has 3 rings (SSSR count). The normalized spacial score (nSPS) is 11.2. The van der Waals surface area contributed by atoms with Crippen LogP contribution in [-0.4, -0.2) is 44.4 Å². The third-order valence-electron chi connectivity index (χ3n) is 4.53. The zero-order valence-corrected chi connectivity index (χ0v) is 19.1. The molecule has 0 unspecified atom stereocenters. The fourth-order valence-corrected chi connectivity index (χ4v) is 4.42. The molecule has 0 bridgehead atoms. The van der Waals surface area contributed by atoms with Crippen LogP contribution in [0.15, 0.2) is 71.9 Å². The molecule has 0 saturated heterocycles. The largest absolute Gasteiger partial charge is 0.493 e. The van der Waals surface area contributed by atoms with E-state index in [4.69, 9.17) is 21.1 Å². The third kappa shape index (κ3) is 5.76. The molecule has 1 heterocycles. The first-order chi connectivity index (χ1) is 15.3. The topological polar surface area (TPSA) is 97.8 Å². The van der Waals surface area contributed by atoms with Gasteiger partial charge in [0, 0.05) is 35.7 Å². The summed E-state index contributed by atoms with van der Waals surface area (Å²) in [5.74, 6) is 0.430. The van der Waals surface area contributed by atoms with Crippen LogP contribution in [0.4, 0.5) is 5.69 Å². The molecule has 10 heteroatoms. The van der Waals surface area contributed by atoms with Gasteiger partial charge in [-0.25, -0.2) is 8.42 Å². The summed E-state index contributed by atoms with van der Waals surface area (Å²) in [7, 11) is -0.996. The molecule has 0 saturated carbocycles. The quantitative estimate of drug-likeness (QED) is 0.508. The van der Waals surface area contributed by atoms with E-state index in [1.165, 1.54) is 38.7 Å². The van der Waals surface area contributed by atoms with E-state index >= 15 is 0 Å². The number of hydrogen-bond donors (Lipinski definition) is 1. The number of pyridine rings is 1. The number of halogens is 1. The molecule has 32 heavy (non-hydrogen) atoms. The predicted octanol–water partition coefficient (Wildman–Crippen LogP) is 3.58. The molecule has 1 N–H and O–H groups in total. The van der Waals surface area contributed by atoms with Crippen LogP contribution in [0.1, 0.15) is 5.56 Å². The predicted molar refractivity (Wildman–Crippen MR) is 121 cm³/mol. The Morgan fingerprint density at radius 1 is 1.06 bits per heavy atom. The molecule has 1 amide bonds. The number of hydrogen-bond acceptors (Lipinski definition) is 6. The highest BCUT2D eigenvalue weighted by atomic mass is 35.5. The summed E-state index contributed by atoms with van der Waals surface area (Å²) in [6.07, 6.45) is 2.72. The Kier molecular flexibility index (Phi) is 7.68. The average molecular weight is 476 g/mol. The Balaban J connectivity index is 1.84. The Morgan fingerprint density at radius 2 is 1.78 bits per heavy atom. The fraction of sp³-hybridized carbons (Fsp3) is 0.182. The highest BCUT2D eigenvalue weighted by Crippen LogP contribution is 2.29. The zero-order valence-electron chi connectivity index (χ0n) is 17.5. The van der Waals surface area contributed by atoms with Crippen LogP contribution in [-0.2, 0) is 21.4 Å². The lowest BCUT2D eigenvalue weighted by atomic mass is 10.2. The smallest absolute Gasteiger partial charge is 0.245 e. The van der Waals surface area contributed by atoms with Crippen molar-refractivity contribution in [3.05, 3.63) is 77.6 Å². The Morgan fingerprint density at radius 3 is 2.41 bits per heavy atom. The van der Waals surface area contributed by atoms with Crippen molar-refractivity contribution in [3.63, 3.8) is 0 Å². The zero-order chi connectivity index (χ0) is 23.1. The van der Waals surface area contributed by atoms with Gasteiger partial charge in [0.25, 0.3) is 0 Å². The summed E-state index contributed by atoms with van der Waals surface area (Å²) < 4.78 is 38.0. The Hall–Kier alpha value is -3.14. The molecule has 3 aromatic rings. The molecule has 0 radical (unpaired) electrons. The fourth-order valence-electron chi connectivity index (χ4n) is 2.94. The maximum absolute atomic E-state index is 13.2. The SMILES string of the molecule is COc1ccc(NC(=O)CN(Cc2ccc(Cl)cc2)S(=O)(=O)c2cccnc2)cc1OC. The van der Waals surface area contributed by atoms with Crippen LogP contribution in [0.5, 0.6) is 11.5 Å². The first-order valence-corrected chi connectivity index (χ1v) is 11.3. The Labute approximate surface area is 191 Å². The molecular formula is C22H22ClN3O5S. The van der Waals surface area contributed by atoms with E-state index in [1.807, 2.05) is 0 Å².